The van der Waals surface area contributed by atoms with Gasteiger partial charge in [-0.1, -0.05) is 30.6 Å². The van der Waals surface area contributed by atoms with Gasteiger partial charge in [-0.05, 0) is 50.5 Å². The molecule has 2 N–H and O–H groups in total. The molecule has 4 rings (SSSR count). The second kappa shape index (κ2) is 11.6. The van der Waals surface area contributed by atoms with E-state index in [0.717, 1.165) is 48.8 Å². The SMILES string of the molecule is COc1ccc(-c2sc(NC3CCCCC3)nc2C)cc1S(=O)(=O)Nc1cnc(F)c(OC(=O)C(F)(F)F)c1C. The molecule has 0 atom stereocenters. The minimum atomic E-state index is -5.40. The highest BCUT2D eigenvalue weighted by Crippen LogP contribution is 2.38. The number of methoxy groups -OCH3 is 1. The standard InChI is InChI=1S/C25H26F4N4O5S2/c1-13-17(12-30-22(26)20(13)38-23(34)25(27,28)29)33-40(35,36)19-11-15(9-10-18(19)37-3)21-14(2)31-24(39-21)32-16-7-5-4-6-8-16/h9-12,16,33H,4-8H2,1-3H3,(H,31,32). The van der Waals surface area contributed by atoms with Gasteiger partial charge in [-0.15, -0.1) is 0 Å². The van der Waals surface area contributed by atoms with Gasteiger partial charge >= 0.3 is 12.1 Å². The van der Waals surface area contributed by atoms with E-state index in [4.69, 9.17) is 4.74 Å². The summed E-state index contributed by atoms with van der Waals surface area (Å²) < 4.78 is 90.5. The van der Waals surface area contributed by atoms with E-state index >= 15 is 0 Å². The fourth-order valence-corrected chi connectivity index (χ4v) is 6.64. The van der Waals surface area contributed by atoms with Crippen molar-refractivity contribution in [3.05, 3.63) is 41.6 Å². The fraction of sp³-hybridized carbons (Fsp3) is 0.400. The van der Waals surface area contributed by atoms with Crippen LogP contribution in [0, 0.1) is 19.8 Å². The largest absolute Gasteiger partial charge is 0.495 e. The molecule has 9 nitrogen and oxygen atoms in total. The van der Waals surface area contributed by atoms with Crippen molar-refractivity contribution < 1.29 is 40.2 Å². The molecular weight excluding hydrogens is 576 g/mol. The monoisotopic (exact) mass is 602 g/mol. The number of rotatable bonds is 8. The molecule has 15 heteroatoms. The zero-order valence-electron chi connectivity index (χ0n) is 21.7. The van der Waals surface area contributed by atoms with Gasteiger partial charge in [0.25, 0.3) is 16.0 Å². The Labute approximate surface area is 232 Å². The Bertz CT molecular complexity index is 1520. The molecule has 0 spiro atoms. The molecule has 1 aromatic carbocycles. The maximum Gasteiger partial charge on any atom is 0.491 e. The number of esters is 1. The van der Waals surface area contributed by atoms with Crippen LogP contribution >= 0.6 is 11.3 Å². The Morgan fingerprint density at radius 2 is 1.85 bits per heavy atom. The average molecular weight is 603 g/mol. The number of halogens is 4. The Morgan fingerprint density at radius 1 is 1.15 bits per heavy atom. The van der Waals surface area contributed by atoms with Gasteiger partial charge in [-0.3, -0.25) is 4.72 Å². The first-order chi connectivity index (χ1) is 18.8. The Morgan fingerprint density at radius 3 is 2.50 bits per heavy atom. The lowest BCUT2D eigenvalue weighted by molar-refractivity contribution is -0.189. The number of hydrogen-bond acceptors (Lipinski definition) is 9. The maximum atomic E-state index is 14.1. The van der Waals surface area contributed by atoms with Crippen molar-refractivity contribution in [3.8, 4) is 21.9 Å². The normalized spacial score (nSPS) is 14.6. The zero-order chi connectivity index (χ0) is 29.2. The lowest BCUT2D eigenvalue weighted by Crippen LogP contribution is -2.29. The summed E-state index contributed by atoms with van der Waals surface area (Å²) in [6.45, 7) is 2.89. The van der Waals surface area contributed by atoms with Gasteiger partial charge in [-0.25, -0.2) is 23.2 Å². The van der Waals surface area contributed by atoms with E-state index < -0.39 is 45.1 Å². The van der Waals surface area contributed by atoms with Crippen molar-refractivity contribution >= 4 is 38.1 Å². The lowest BCUT2D eigenvalue weighted by atomic mass is 9.96. The van der Waals surface area contributed by atoms with Crippen LogP contribution in [-0.4, -0.2) is 43.7 Å². The summed E-state index contributed by atoms with van der Waals surface area (Å²) in [5.74, 6) is -5.36. The second-order valence-electron chi connectivity index (χ2n) is 9.19. The highest BCUT2D eigenvalue weighted by atomic mass is 32.2. The first-order valence-electron chi connectivity index (χ1n) is 12.2. The molecular formula is C25H26F4N4O5S2. The number of hydrogen-bond donors (Lipinski definition) is 2. The Kier molecular flexibility index (Phi) is 8.54. The predicted octanol–water partition coefficient (Wildman–Crippen LogP) is 5.98. The first-order valence-corrected chi connectivity index (χ1v) is 14.5. The topological polar surface area (TPSA) is 120 Å². The van der Waals surface area contributed by atoms with Crippen LogP contribution in [0.5, 0.6) is 11.5 Å². The van der Waals surface area contributed by atoms with Crippen molar-refractivity contribution in [2.24, 2.45) is 0 Å². The van der Waals surface area contributed by atoms with E-state index in [2.05, 4.69) is 24.7 Å². The average Bonchev–Trinajstić information content (AvgIpc) is 3.27. The van der Waals surface area contributed by atoms with E-state index in [9.17, 15) is 30.8 Å². The number of carbonyl (C=O) groups is 1. The minimum Gasteiger partial charge on any atom is -0.495 e. The highest BCUT2D eigenvalue weighted by Gasteiger charge is 2.42. The maximum absolute atomic E-state index is 14.1. The number of nitrogens with one attached hydrogen (secondary N) is 2. The third-order valence-electron chi connectivity index (χ3n) is 6.35. The number of ether oxygens (including phenoxy) is 2. The third kappa shape index (κ3) is 6.46. The van der Waals surface area contributed by atoms with Gasteiger partial charge in [0.15, 0.2) is 10.9 Å². The number of aromatic nitrogens is 2. The van der Waals surface area contributed by atoms with Gasteiger partial charge < -0.3 is 14.8 Å². The third-order valence-corrected chi connectivity index (χ3v) is 8.88. The predicted molar refractivity (Wildman–Crippen MR) is 141 cm³/mol. The summed E-state index contributed by atoms with van der Waals surface area (Å²) in [5.41, 5.74) is 0.424. The molecule has 1 fully saturated rings. The zero-order valence-corrected chi connectivity index (χ0v) is 23.3. The van der Waals surface area contributed by atoms with Crippen LogP contribution in [0.4, 0.5) is 28.4 Å². The van der Waals surface area contributed by atoms with Crippen LogP contribution in [0.2, 0.25) is 0 Å². The van der Waals surface area contributed by atoms with Gasteiger partial charge in [0, 0.05) is 11.6 Å². The highest BCUT2D eigenvalue weighted by molar-refractivity contribution is 7.92. The minimum absolute atomic E-state index is 0.0181. The van der Waals surface area contributed by atoms with Gasteiger partial charge in [0.1, 0.15) is 10.6 Å². The molecule has 3 aromatic rings. The summed E-state index contributed by atoms with van der Waals surface area (Å²) in [6.07, 6.45) is 0.986. The molecule has 0 saturated heterocycles. The van der Waals surface area contributed by atoms with Gasteiger partial charge in [0.2, 0.25) is 0 Å². The molecule has 1 aliphatic rings. The number of pyridine rings is 1. The van der Waals surface area contributed by atoms with E-state index in [1.165, 1.54) is 37.0 Å². The number of thiazole rings is 1. The Hall–Kier alpha value is -3.46. The van der Waals surface area contributed by atoms with E-state index in [0.29, 0.717) is 17.3 Å². The van der Waals surface area contributed by atoms with Gasteiger partial charge in [0.05, 0.1) is 29.6 Å². The summed E-state index contributed by atoms with van der Waals surface area (Å²) in [6, 6.07) is 4.85. The van der Waals surface area contributed by atoms with Crippen molar-refractivity contribution in [1.29, 1.82) is 0 Å². The van der Waals surface area contributed by atoms with Crippen molar-refractivity contribution in [2.45, 2.75) is 63.1 Å². The van der Waals surface area contributed by atoms with E-state index in [1.807, 2.05) is 6.92 Å². The molecule has 0 aliphatic heterocycles. The number of aryl methyl sites for hydroxylation is 1. The molecule has 1 saturated carbocycles. The summed E-state index contributed by atoms with van der Waals surface area (Å²) >= 11 is 1.39. The molecule has 2 heterocycles. The van der Waals surface area contributed by atoms with Gasteiger partial charge in [-0.2, -0.15) is 17.6 Å². The summed E-state index contributed by atoms with van der Waals surface area (Å²) in [7, 11) is -3.18. The molecule has 216 valence electrons. The summed E-state index contributed by atoms with van der Waals surface area (Å²) in [5, 5.41) is 4.19. The quantitative estimate of drug-likeness (QED) is 0.184. The van der Waals surface area contributed by atoms with Crippen LogP contribution in [0.3, 0.4) is 0 Å². The van der Waals surface area contributed by atoms with Crippen molar-refractivity contribution in [2.75, 3.05) is 17.1 Å². The first kappa shape index (κ1) is 29.5. The van der Waals surface area contributed by atoms with Crippen LogP contribution in [0.1, 0.15) is 43.4 Å². The van der Waals surface area contributed by atoms with Crippen molar-refractivity contribution in [1.82, 2.24) is 9.97 Å². The molecule has 0 unspecified atom stereocenters. The molecule has 0 bridgehead atoms. The lowest BCUT2D eigenvalue weighted by Gasteiger charge is -2.22. The molecule has 40 heavy (non-hydrogen) atoms. The van der Waals surface area contributed by atoms with Crippen LogP contribution in [0.25, 0.3) is 10.4 Å². The number of alkyl halides is 3. The van der Waals surface area contributed by atoms with E-state index in [1.54, 1.807) is 6.07 Å². The van der Waals surface area contributed by atoms with Crippen molar-refractivity contribution in [3.63, 3.8) is 0 Å². The number of nitrogens with zero attached hydrogens (tertiary/aromatic N) is 2. The summed E-state index contributed by atoms with van der Waals surface area (Å²) in [4.78, 5) is 19.5. The number of anilines is 2. The number of sulfonamides is 1. The molecule has 2 aromatic heterocycles. The van der Waals surface area contributed by atoms with Crippen LogP contribution in [0.15, 0.2) is 29.3 Å². The van der Waals surface area contributed by atoms with E-state index in [-0.39, 0.29) is 10.6 Å². The Balaban J connectivity index is 1.65. The second-order valence-corrected chi connectivity index (χ2v) is 11.8. The molecule has 1 aliphatic carbocycles. The number of benzene rings is 1. The van der Waals surface area contributed by atoms with Crippen LogP contribution < -0.4 is 19.5 Å². The van der Waals surface area contributed by atoms with Crippen LogP contribution in [-0.2, 0) is 14.8 Å². The molecule has 0 radical (unpaired) electrons. The molecule has 0 amide bonds. The smallest absolute Gasteiger partial charge is 0.491 e. The number of carbonyl (C=O) groups excluding carboxylic acids is 1. The fourth-order valence-electron chi connectivity index (χ4n) is 4.30.